The maximum atomic E-state index is 13.2. The Kier molecular flexibility index (Phi) is 6.29. The Bertz CT molecular complexity index is 628. The molecule has 1 amide bonds. The minimum Gasteiger partial charge on any atom is -0.348 e. The fourth-order valence-corrected chi connectivity index (χ4v) is 2.50. The lowest BCUT2D eigenvalue weighted by molar-refractivity contribution is -0.121. The van der Waals surface area contributed by atoms with Crippen LogP contribution in [0.3, 0.4) is 0 Å². The lowest BCUT2D eigenvalue weighted by Gasteiger charge is -2.23. The van der Waals surface area contributed by atoms with E-state index in [2.05, 4.69) is 5.32 Å². The molecular formula is C19H23FN2O. The van der Waals surface area contributed by atoms with E-state index < -0.39 is 0 Å². The van der Waals surface area contributed by atoms with Crippen molar-refractivity contribution in [3.63, 3.8) is 0 Å². The lowest BCUT2D eigenvalue weighted by Crippen LogP contribution is -2.35. The number of carbonyl (C=O) groups excluding carboxylic acids is 1. The second kappa shape index (κ2) is 8.44. The molecule has 0 bridgehead atoms. The number of likely N-dealkylation sites (N-methyl/N-ethyl adjacent to an activating group) is 1. The number of hydrogen-bond donors (Lipinski definition) is 1. The monoisotopic (exact) mass is 314 g/mol. The summed E-state index contributed by atoms with van der Waals surface area (Å²) in [5.74, 6) is -0.289. The van der Waals surface area contributed by atoms with Gasteiger partial charge in [-0.15, -0.1) is 0 Å². The molecule has 1 unspecified atom stereocenters. The summed E-state index contributed by atoms with van der Waals surface area (Å²) in [7, 11) is 3.96. The van der Waals surface area contributed by atoms with Gasteiger partial charge >= 0.3 is 0 Å². The maximum absolute atomic E-state index is 13.2. The maximum Gasteiger partial charge on any atom is 0.220 e. The van der Waals surface area contributed by atoms with Crippen molar-refractivity contribution in [1.82, 2.24) is 10.2 Å². The van der Waals surface area contributed by atoms with Crippen LogP contribution >= 0.6 is 0 Å². The minimum absolute atomic E-state index is 0.0232. The highest BCUT2D eigenvalue weighted by Gasteiger charge is 2.15. The number of aryl methyl sites for hydroxylation is 1. The van der Waals surface area contributed by atoms with Crippen molar-refractivity contribution < 1.29 is 9.18 Å². The number of nitrogens with zero attached hydrogens (tertiary/aromatic N) is 1. The first-order valence-electron chi connectivity index (χ1n) is 7.78. The predicted molar refractivity (Wildman–Crippen MR) is 90.6 cm³/mol. The number of rotatable bonds is 7. The number of carbonyl (C=O) groups is 1. The van der Waals surface area contributed by atoms with Gasteiger partial charge in [0, 0.05) is 13.0 Å². The van der Waals surface area contributed by atoms with E-state index in [0.29, 0.717) is 12.8 Å². The Morgan fingerprint density at radius 2 is 1.87 bits per heavy atom. The van der Waals surface area contributed by atoms with E-state index >= 15 is 0 Å². The normalized spacial score (nSPS) is 12.2. The zero-order chi connectivity index (χ0) is 16.7. The number of benzene rings is 2. The van der Waals surface area contributed by atoms with Crippen molar-refractivity contribution in [2.45, 2.75) is 18.9 Å². The Hall–Kier alpha value is -2.20. The molecular weight excluding hydrogens is 291 g/mol. The summed E-state index contributed by atoms with van der Waals surface area (Å²) in [6.45, 7) is 0.732. The smallest absolute Gasteiger partial charge is 0.220 e. The zero-order valence-electron chi connectivity index (χ0n) is 13.6. The topological polar surface area (TPSA) is 32.3 Å². The van der Waals surface area contributed by atoms with E-state index in [1.165, 1.54) is 12.1 Å². The van der Waals surface area contributed by atoms with Crippen molar-refractivity contribution in [2.24, 2.45) is 0 Å². The minimum atomic E-state index is -0.266. The van der Waals surface area contributed by atoms with E-state index in [1.807, 2.05) is 55.4 Å². The van der Waals surface area contributed by atoms with Gasteiger partial charge in [0.25, 0.3) is 0 Å². The third-order valence-corrected chi connectivity index (χ3v) is 3.61. The van der Waals surface area contributed by atoms with Crippen LogP contribution in [0.1, 0.15) is 23.6 Å². The molecule has 0 saturated heterocycles. The molecule has 23 heavy (non-hydrogen) atoms. The molecule has 0 aliphatic heterocycles. The summed E-state index contributed by atoms with van der Waals surface area (Å²) >= 11 is 0. The lowest BCUT2D eigenvalue weighted by atomic mass is 10.1. The summed E-state index contributed by atoms with van der Waals surface area (Å²) in [5, 5.41) is 3.08. The van der Waals surface area contributed by atoms with E-state index in [4.69, 9.17) is 0 Å². The van der Waals surface area contributed by atoms with Gasteiger partial charge in [-0.25, -0.2) is 4.39 Å². The second-order valence-electron chi connectivity index (χ2n) is 5.92. The molecule has 0 fully saturated rings. The van der Waals surface area contributed by atoms with Crippen LogP contribution in [0.4, 0.5) is 4.39 Å². The van der Waals surface area contributed by atoms with Gasteiger partial charge in [-0.1, -0.05) is 42.5 Å². The molecule has 1 atom stereocenters. The highest BCUT2D eigenvalue weighted by Crippen LogP contribution is 2.14. The highest BCUT2D eigenvalue weighted by molar-refractivity contribution is 5.76. The Morgan fingerprint density at radius 1 is 1.13 bits per heavy atom. The molecule has 0 aliphatic carbocycles. The van der Waals surface area contributed by atoms with Crippen LogP contribution in [0.2, 0.25) is 0 Å². The summed E-state index contributed by atoms with van der Waals surface area (Å²) in [6.07, 6.45) is 0.882. The van der Waals surface area contributed by atoms with Crippen molar-refractivity contribution >= 4 is 5.91 Å². The number of nitrogens with one attached hydrogen (secondary N) is 1. The van der Waals surface area contributed by atoms with Crippen molar-refractivity contribution in [1.29, 1.82) is 0 Å². The van der Waals surface area contributed by atoms with Crippen LogP contribution in [-0.4, -0.2) is 31.4 Å². The summed E-state index contributed by atoms with van der Waals surface area (Å²) in [4.78, 5) is 14.3. The van der Waals surface area contributed by atoms with E-state index in [0.717, 1.165) is 17.7 Å². The first-order chi connectivity index (χ1) is 11.0. The first-order valence-corrected chi connectivity index (χ1v) is 7.78. The van der Waals surface area contributed by atoms with E-state index in [9.17, 15) is 9.18 Å². The molecule has 2 rings (SSSR count). The molecule has 0 aliphatic rings. The Morgan fingerprint density at radius 3 is 2.52 bits per heavy atom. The van der Waals surface area contributed by atoms with Crippen LogP contribution in [-0.2, 0) is 11.2 Å². The molecule has 0 heterocycles. The predicted octanol–water partition coefficient (Wildman–Crippen LogP) is 3.18. The molecule has 2 aromatic rings. The van der Waals surface area contributed by atoms with E-state index in [1.54, 1.807) is 6.07 Å². The van der Waals surface area contributed by atoms with Gasteiger partial charge in [-0.05, 0) is 43.8 Å². The Balaban J connectivity index is 1.95. The van der Waals surface area contributed by atoms with Gasteiger partial charge in [0.2, 0.25) is 5.91 Å². The molecule has 0 radical (unpaired) electrons. The standard InChI is InChI=1S/C19H23FN2O/c1-22(2)14-18(16-8-4-3-5-9-16)21-19(23)12-11-15-7-6-10-17(20)13-15/h3-10,13,18H,11-12,14H2,1-2H3,(H,21,23). The summed E-state index contributed by atoms with van der Waals surface area (Å²) in [5.41, 5.74) is 1.92. The van der Waals surface area contributed by atoms with Crippen LogP contribution in [0.15, 0.2) is 54.6 Å². The molecule has 4 heteroatoms. The third kappa shape index (κ3) is 5.83. The van der Waals surface area contributed by atoms with Gasteiger partial charge < -0.3 is 10.2 Å². The molecule has 122 valence electrons. The molecule has 1 N–H and O–H groups in total. The average Bonchev–Trinajstić information content (AvgIpc) is 2.53. The van der Waals surface area contributed by atoms with Crippen LogP contribution in [0.5, 0.6) is 0 Å². The van der Waals surface area contributed by atoms with Crippen LogP contribution in [0.25, 0.3) is 0 Å². The zero-order valence-corrected chi connectivity index (χ0v) is 13.6. The third-order valence-electron chi connectivity index (χ3n) is 3.61. The summed E-state index contributed by atoms with van der Waals surface area (Å²) < 4.78 is 13.2. The fraction of sp³-hybridized carbons (Fsp3) is 0.316. The van der Waals surface area contributed by atoms with Gasteiger partial charge in [0.15, 0.2) is 0 Å². The van der Waals surface area contributed by atoms with E-state index in [-0.39, 0.29) is 17.8 Å². The molecule has 0 aromatic heterocycles. The quantitative estimate of drug-likeness (QED) is 0.851. The van der Waals surface area contributed by atoms with Gasteiger partial charge in [0.1, 0.15) is 5.82 Å². The largest absolute Gasteiger partial charge is 0.348 e. The van der Waals surface area contributed by atoms with Crippen LogP contribution < -0.4 is 5.32 Å². The molecule has 0 saturated carbocycles. The number of halogens is 1. The first kappa shape index (κ1) is 17.2. The number of hydrogen-bond acceptors (Lipinski definition) is 2. The van der Waals surface area contributed by atoms with Gasteiger partial charge in [-0.3, -0.25) is 4.79 Å². The van der Waals surface area contributed by atoms with Gasteiger partial charge in [0.05, 0.1) is 6.04 Å². The average molecular weight is 314 g/mol. The molecule has 3 nitrogen and oxygen atoms in total. The second-order valence-corrected chi connectivity index (χ2v) is 5.92. The molecule has 0 spiro atoms. The SMILES string of the molecule is CN(C)CC(NC(=O)CCc1cccc(F)c1)c1ccccc1. The van der Waals surface area contributed by atoms with Gasteiger partial charge in [-0.2, -0.15) is 0 Å². The van der Waals surface area contributed by atoms with Crippen LogP contribution in [0, 0.1) is 5.82 Å². The summed E-state index contributed by atoms with van der Waals surface area (Å²) in [6, 6.07) is 16.3. The number of amides is 1. The highest BCUT2D eigenvalue weighted by atomic mass is 19.1. The van der Waals surface area contributed by atoms with Crippen molar-refractivity contribution in [3.8, 4) is 0 Å². The molecule has 2 aromatic carbocycles. The van der Waals surface area contributed by atoms with Crippen molar-refractivity contribution in [3.05, 3.63) is 71.5 Å². The fourth-order valence-electron chi connectivity index (χ4n) is 2.50. The van der Waals surface area contributed by atoms with Crippen molar-refractivity contribution in [2.75, 3.05) is 20.6 Å². The Labute approximate surface area is 137 Å².